The lowest BCUT2D eigenvalue weighted by molar-refractivity contribution is 0.475. The van der Waals surface area contributed by atoms with Crippen molar-refractivity contribution in [1.82, 2.24) is 0 Å². The number of aromatic hydroxyl groups is 2. The first-order chi connectivity index (χ1) is 12.2. The van der Waals surface area contributed by atoms with Gasteiger partial charge in [0.05, 0.1) is 0 Å². The normalized spacial score (nSPS) is 6.00. The zero-order valence-electron chi connectivity index (χ0n) is 18.4. The summed E-state index contributed by atoms with van der Waals surface area (Å²) in [6, 6.07) is 17.4. The molecule has 0 fully saturated rings. The van der Waals surface area contributed by atoms with Crippen LogP contribution in [0, 0.1) is 0 Å². The van der Waals surface area contributed by atoms with Crippen LogP contribution in [0.2, 0.25) is 0 Å². The molecule has 27 heavy (non-hydrogen) atoms. The number of rotatable bonds is 0. The molecule has 0 heterocycles. The maximum absolute atomic E-state index is 8.63. The predicted molar refractivity (Wildman–Crippen MR) is 131 cm³/mol. The van der Waals surface area contributed by atoms with Crippen molar-refractivity contribution in [3.63, 3.8) is 0 Å². The quantitative estimate of drug-likeness (QED) is 0.474. The standard InChI is InChI=1S/2C6H6O.C3H8.4C2H6.2CH4/c2*7-6-4-2-1-3-5-6;1-3-2;4*1-2;;/h2*1-5,7H;3H2,1-2H3;4*1-2H3;2*1H4. The van der Waals surface area contributed by atoms with E-state index in [1.807, 2.05) is 67.5 Å². The van der Waals surface area contributed by atoms with Gasteiger partial charge in [-0.25, -0.2) is 0 Å². The van der Waals surface area contributed by atoms with E-state index in [0.29, 0.717) is 11.5 Å². The van der Waals surface area contributed by atoms with Crippen LogP contribution in [0.15, 0.2) is 60.7 Å². The molecule has 2 N–H and O–H groups in total. The summed E-state index contributed by atoms with van der Waals surface area (Å²) in [7, 11) is 0. The number of benzene rings is 2. The number of hydrogen-bond acceptors (Lipinski definition) is 2. The highest BCUT2D eigenvalue weighted by atomic mass is 16.3. The van der Waals surface area contributed by atoms with Crippen LogP contribution in [-0.2, 0) is 0 Å². The van der Waals surface area contributed by atoms with Crippen molar-refractivity contribution in [2.45, 2.75) is 90.5 Å². The summed E-state index contributed by atoms with van der Waals surface area (Å²) in [5.41, 5.74) is 0. The van der Waals surface area contributed by atoms with E-state index in [2.05, 4.69) is 13.8 Å². The third-order valence-corrected chi connectivity index (χ3v) is 1.51. The summed E-state index contributed by atoms with van der Waals surface area (Å²) in [5.74, 6) is 0.644. The molecule has 2 aromatic carbocycles. The fourth-order valence-corrected chi connectivity index (χ4v) is 0.856. The smallest absolute Gasteiger partial charge is 0.115 e. The highest BCUT2D eigenvalue weighted by Crippen LogP contribution is 2.03. The zero-order valence-corrected chi connectivity index (χ0v) is 18.4. The molecule has 0 aliphatic carbocycles. The summed E-state index contributed by atoms with van der Waals surface area (Å²) in [4.78, 5) is 0. The van der Waals surface area contributed by atoms with Gasteiger partial charge in [-0.1, -0.05) is 127 Å². The first kappa shape index (κ1) is 44.5. The van der Waals surface area contributed by atoms with Crippen LogP contribution in [0.3, 0.4) is 0 Å². The largest absolute Gasteiger partial charge is 0.508 e. The number of phenolic OH excluding ortho intramolecular Hbond substituents is 2. The first-order valence-corrected chi connectivity index (χ1v) is 9.68. The van der Waals surface area contributed by atoms with E-state index in [-0.39, 0.29) is 14.9 Å². The summed E-state index contributed by atoms with van der Waals surface area (Å²) < 4.78 is 0. The summed E-state index contributed by atoms with van der Waals surface area (Å²) in [5, 5.41) is 17.3. The fraction of sp³-hybridized carbons (Fsp3) is 0.520. The summed E-state index contributed by atoms with van der Waals surface area (Å²) in [6.07, 6.45) is 1.25. The highest BCUT2D eigenvalue weighted by Gasteiger charge is 1.75. The maximum atomic E-state index is 8.63. The monoisotopic (exact) mass is 384 g/mol. The van der Waals surface area contributed by atoms with Crippen LogP contribution in [0.5, 0.6) is 11.5 Å². The minimum Gasteiger partial charge on any atom is -0.508 e. The molecule has 0 saturated heterocycles. The molecule has 2 heteroatoms. The molecule has 0 aromatic heterocycles. The number of phenols is 2. The Morgan fingerprint density at radius 1 is 0.481 bits per heavy atom. The van der Waals surface area contributed by atoms with Gasteiger partial charge in [0, 0.05) is 0 Å². The Morgan fingerprint density at radius 3 is 0.704 bits per heavy atom. The Hall–Kier alpha value is -1.96. The number of hydrogen-bond donors (Lipinski definition) is 2. The van der Waals surface area contributed by atoms with Crippen LogP contribution in [0.25, 0.3) is 0 Å². The fourth-order valence-electron chi connectivity index (χ4n) is 0.856. The Morgan fingerprint density at radius 2 is 0.630 bits per heavy atom. The van der Waals surface area contributed by atoms with Crippen LogP contribution in [0.1, 0.15) is 90.5 Å². The van der Waals surface area contributed by atoms with Gasteiger partial charge in [0.15, 0.2) is 0 Å². The topological polar surface area (TPSA) is 40.5 Å². The second kappa shape index (κ2) is 56.4. The second-order valence-electron chi connectivity index (χ2n) is 3.38. The van der Waals surface area contributed by atoms with Crippen LogP contribution in [-0.4, -0.2) is 10.2 Å². The van der Waals surface area contributed by atoms with Gasteiger partial charge < -0.3 is 10.2 Å². The SMILES string of the molecule is C.C.CC.CC.CC.CC.CCC.Oc1ccccc1.Oc1ccccc1. The third kappa shape index (κ3) is 59.2. The molecular formula is C25H52O2. The molecule has 0 saturated carbocycles. The Balaban J connectivity index is -0.0000000377. The average molecular weight is 385 g/mol. The third-order valence-electron chi connectivity index (χ3n) is 1.51. The predicted octanol–water partition coefficient (Wildman–Crippen LogP) is 9.58. The molecule has 0 radical (unpaired) electrons. The van der Waals surface area contributed by atoms with Crippen LogP contribution < -0.4 is 0 Å². The van der Waals surface area contributed by atoms with Crippen molar-refractivity contribution < 1.29 is 10.2 Å². The lowest BCUT2D eigenvalue weighted by Crippen LogP contribution is -1.56. The van der Waals surface area contributed by atoms with Crippen LogP contribution in [0.4, 0.5) is 0 Å². The summed E-state index contributed by atoms with van der Waals surface area (Å²) in [6.45, 7) is 20.2. The van der Waals surface area contributed by atoms with Crippen molar-refractivity contribution in [1.29, 1.82) is 0 Å². The molecule has 0 unspecified atom stereocenters. The van der Waals surface area contributed by atoms with Gasteiger partial charge in [0.2, 0.25) is 0 Å². The zero-order chi connectivity index (χ0) is 20.9. The van der Waals surface area contributed by atoms with Gasteiger partial charge >= 0.3 is 0 Å². The van der Waals surface area contributed by atoms with Gasteiger partial charge in [-0.15, -0.1) is 0 Å². The van der Waals surface area contributed by atoms with E-state index in [4.69, 9.17) is 10.2 Å². The Labute approximate surface area is 173 Å². The van der Waals surface area contributed by atoms with Gasteiger partial charge in [0.25, 0.3) is 0 Å². The minimum absolute atomic E-state index is 0. The molecule has 0 atom stereocenters. The molecule has 0 aliphatic rings. The Bertz CT molecular complexity index is 321. The van der Waals surface area contributed by atoms with Crippen molar-refractivity contribution in [3.8, 4) is 11.5 Å². The molecule has 0 bridgehead atoms. The van der Waals surface area contributed by atoms with Crippen LogP contribution >= 0.6 is 0 Å². The average Bonchev–Trinajstić information content (AvgIpc) is 2.70. The van der Waals surface area contributed by atoms with Gasteiger partial charge in [-0.2, -0.15) is 0 Å². The summed E-state index contributed by atoms with van der Waals surface area (Å²) >= 11 is 0. The second-order valence-corrected chi connectivity index (χ2v) is 3.38. The molecular weight excluding hydrogens is 332 g/mol. The van der Waals surface area contributed by atoms with Crippen molar-refractivity contribution in [3.05, 3.63) is 60.7 Å². The van der Waals surface area contributed by atoms with Crippen molar-refractivity contribution >= 4 is 0 Å². The van der Waals surface area contributed by atoms with Gasteiger partial charge in [-0.3, -0.25) is 0 Å². The molecule has 164 valence electrons. The van der Waals surface area contributed by atoms with Gasteiger partial charge in [-0.05, 0) is 24.3 Å². The lowest BCUT2D eigenvalue weighted by atomic mass is 10.3. The van der Waals surface area contributed by atoms with Crippen molar-refractivity contribution in [2.24, 2.45) is 0 Å². The Kier molecular flexibility index (Phi) is 92.9. The molecule has 0 aliphatic heterocycles. The molecule has 0 spiro atoms. The lowest BCUT2D eigenvalue weighted by Gasteiger charge is -1.82. The molecule has 2 rings (SSSR count). The minimum atomic E-state index is 0. The van der Waals surface area contributed by atoms with E-state index < -0.39 is 0 Å². The van der Waals surface area contributed by atoms with E-state index in [0.717, 1.165) is 0 Å². The molecule has 0 amide bonds. The first-order valence-electron chi connectivity index (χ1n) is 9.68. The van der Waals surface area contributed by atoms with E-state index in [9.17, 15) is 0 Å². The molecule has 2 nitrogen and oxygen atoms in total. The number of para-hydroxylation sites is 2. The highest BCUT2D eigenvalue weighted by molar-refractivity contribution is 5.19. The van der Waals surface area contributed by atoms with E-state index in [1.165, 1.54) is 6.42 Å². The van der Waals surface area contributed by atoms with E-state index in [1.54, 1.807) is 48.5 Å². The van der Waals surface area contributed by atoms with Crippen molar-refractivity contribution in [2.75, 3.05) is 0 Å². The maximum Gasteiger partial charge on any atom is 0.115 e. The molecule has 2 aromatic rings. The van der Waals surface area contributed by atoms with Gasteiger partial charge in [0.1, 0.15) is 11.5 Å². The van der Waals surface area contributed by atoms with E-state index >= 15 is 0 Å².